The predicted molar refractivity (Wildman–Crippen MR) is 34.4 cm³/mol. The Hall–Kier alpha value is -0.480. The Morgan fingerprint density at radius 3 is 2.12 bits per heavy atom. The third kappa shape index (κ3) is 1.55. The van der Waals surface area contributed by atoms with Crippen LogP contribution in [0.2, 0.25) is 0 Å². The van der Waals surface area contributed by atoms with Gasteiger partial charge in [-0.2, -0.15) is 4.37 Å². The molecule has 3 nitrogen and oxygen atoms in total. The van der Waals surface area contributed by atoms with Gasteiger partial charge in [-0.1, -0.05) is 0 Å². The molecule has 0 aliphatic heterocycles. The standard InChI is InChI=1S/C4H6N2S.H3N/c1-3-5-4(2)7-6-3;/h1-2H3;1H3. The highest BCUT2D eigenvalue weighted by atomic mass is 32.1. The molecule has 0 spiro atoms. The molecule has 0 aliphatic carbocycles. The molecule has 1 aromatic heterocycles. The number of nitrogens with zero attached hydrogens (tertiary/aromatic N) is 2. The SMILES string of the molecule is Cc1nsc(C)n1.N. The lowest BCUT2D eigenvalue weighted by Crippen LogP contribution is -1.70. The first kappa shape index (κ1) is 7.52. The molecule has 0 unspecified atom stereocenters. The quantitative estimate of drug-likeness (QED) is 0.577. The van der Waals surface area contributed by atoms with Gasteiger partial charge in [0, 0.05) is 0 Å². The minimum absolute atomic E-state index is 0. The second kappa shape index (κ2) is 2.74. The highest BCUT2D eigenvalue weighted by Gasteiger charge is 1.88. The molecular formula is C4H9N3S. The minimum Gasteiger partial charge on any atom is -0.344 e. The summed E-state index contributed by atoms with van der Waals surface area (Å²) in [6, 6.07) is 0. The zero-order valence-electron chi connectivity index (χ0n) is 5.01. The van der Waals surface area contributed by atoms with Crippen molar-refractivity contribution < 1.29 is 0 Å². The van der Waals surface area contributed by atoms with Gasteiger partial charge in [0.25, 0.3) is 0 Å². The van der Waals surface area contributed by atoms with Gasteiger partial charge >= 0.3 is 0 Å². The van der Waals surface area contributed by atoms with Gasteiger partial charge < -0.3 is 6.15 Å². The Kier molecular flexibility index (Phi) is 2.57. The summed E-state index contributed by atoms with van der Waals surface area (Å²) < 4.78 is 3.95. The van der Waals surface area contributed by atoms with Crippen LogP contribution in [0.15, 0.2) is 0 Å². The average molecular weight is 131 g/mol. The van der Waals surface area contributed by atoms with Crippen LogP contribution in [0.3, 0.4) is 0 Å². The molecule has 1 heterocycles. The van der Waals surface area contributed by atoms with E-state index in [2.05, 4.69) is 9.36 Å². The van der Waals surface area contributed by atoms with Gasteiger partial charge in [0.1, 0.15) is 10.8 Å². The summed E-state index contributed by atoms with van der Waals surface area (Å²) in [5.41, 5.74) is 0. The molecule has 0 atom stereocenters. The summed E-state index contributed by atoms with van der Waals surface area (Å²) in [6.07, 6.45) is 0. The first-order valence-electron chi connectivity index (χ1n) is 2.06. The first-order valence-corrected chi connectivity index (χ1v) is 2.83. The average Bonchev–Trinajstić information content (AvgIpc) is 1.87. The van der Waals surface area contributed by atoms with Crippen LogP contribution >= 0.6 is 11.5 Å². The molecule has 0 aromatic carbocycles. The van der Waals surface area contributed by atoms with E-state index < -0.39 is 0 Å². The normalized spacial score (nSPS) is 8.25. The van der Waals surface area contributed by atoms with E-state index in [9.17, 15) is 0 Å². The second-order valence-electron chi connectivity index (χ2n) is 1.36. The molecule has 0 saturated carbocycles. The first-order chi connectivity index (χ1) is 3.29. The second-order valence-corrected chi connectivity index (χ2v) is 2.32. The fourth-order valence-electron chi connectivity index (χ4n) is 0.401. The van der Waals surface area contributed by atoms with Gasteiger partial charge in [-0.3, -0.25) is 0 Å². The highest BCUT2D eigenvalue weighted by Crippen LogP contribution is 1.98. The summed E-state index contributed by atoms with van der Waals surface area (Å²) in [5, 5.41) is 1.04. The van der Waals surface area contributed by atoms with E-state index in [4.69, 9.17) is 0 Å². The lowest BCUT2D eigenvalue weighted by Gasteiger charge is -1.67. The molecule has 0 radical (unpaired) electrons. The maximum Gasteiger partial charge on any atom is 0.139 e. The number of aryl methyl sites for hydroxylation is 2. The highest BCUT2D eigenvalue weighted by molar-refractivity contribution is 7.05. The minimum atomic E-state index is 0. The van der Waals surface area contributed by atoms with Crippen molar-refractivity contribution in [2.24, 2.45) is 0 Å². The third-order valence-corrected chi connectivity index (χ3v) is 1.34. The van der Waals surface area contributed by atoms with Gasteiger partial charge in [-0.05, 0) is 25.4 Å². The molecule has 0 saturated heterocycles. The van der Waals surface area contributed by atoms with Crippen molar-refractivity contribution in [3.63, 3.8) is 0 Å². The van der Waals surface area contributed by atoms with Crippen LogP contribution in [0.4, 0.5) is 0 Å². The maximum absolute atomic E-state index is 4.02. The van der Waals surface area contributed by atoms with Crippen LogP contribution in [-0.4, -0.2) is 9.36 Å². The van der Waals surface area contributed by atoms with Crippen molar-refractivity contribution in [2.45, 2.75) is 13.8 Å². The Morgan fingerprint density at radius 1 is 1.38 bits per heavy atom. The molecule has 3 N–H and O–H groups in total. The lowest BCUT2D eigenvalue weighted by molar-refractivity contribution is 1.13. The van der Waals surface area contributed by atoms with Crippen LogP contribution in [-0.2, 0) is 0 Å². The number of rotatable bonds is 0. The van der Waals surface area contributed by atoms with E-state index in [1.165, 1.54) is 11.5 Å². The largest absolute Gasteiger partial charge is 0.344 e. The molecule has 46 valence electrons. The van der Waals surface area contributed by atoms with Crippen molar-refractivity contribution in [1.29, 1.82) is 0 Å². The van der Waals surface area contributed by atoms with Crippen molar-refractivity contribution >= 4 is 11.5 Å². The van der Waals surface area contributed by atoms with Gasteiger partial charge in [0.05, 0.1) is 0 Å². The molecule has 0 bridgehead atoms. The Labute approximate surface area is 52.5 Å². The van der Waals surface area contributed by atoms with Crippen molar-refractivity contribution in [3.8, 4) is 0 Å². The van der Waals surface area contributed by atoms with E-state index in [1.54, 1.807) is 0 Å². The van der Waals surface area contributed by atoms with Crippen molar-refractivity contribution in [1.82, 2.24) is 15.5 Å². The van der Waals surface area contributed by atoms with E-state index in [1.807, 2.05) is 13.8 Å². The Balaban J connectivity index is 0.000000490. The van der Waals surface area contributed by atoms with E-state index in [0.29, 0.717) is 0 Å². The van der Waals surface area contributed by atoms with Crippen molar-refractivity contribution in [3.05, 3.63) is 10.8 Å². The van der Waals surface area contributed by atoms with Gasteiger partial charge in [-0.15, -0.1) is 0 Å². The fraction of sp³-hybridized carbons (Fsp3) is 0.500. The van der Waals surface area contributed by atoms with Crippen molar-refractivity contribution in [2.75, 3.05) is 0 Å². The molecule has 4 heteroatoms. The molecule has 1 rings (SSSR count). The summed E-state index contributed by atoms with van der Waals surface area (Å²) in [6.45, 7) is 3.84. The summed E-state index contributed by atoms with van der Waals surface area (Å²) in [4.78, 5) is 4.02. The van der Waals surface area contributed by atoms with Gasteiger partial charge in [0.2, 0.25) is 0 Å². The fourth-order valence-corrected chi connectivity index (χ4v) is 0.879. The smallest absolute Gasteiger partial charge is 0.139 e. The molecule has 0 aliphatic rings. The van der Waals surface area contributed by atoms with Crippen LogP contribution in [0, 0.1) is 13.8 Å². The third-order valence-electron chi connectivity index (χ3n) is 0.629. The number of hydrogen-bond donors (Lipinski definition) is 1. The lowest BCUT2D eigenvalue weighted by atomic mass is 10.7. The molecule has 8 heavy (non-hydrogen) atoms. The van der Waals surface area contributed by atoms with Crippen LogP contribution < -0.4 is 6.15 Å². The number of hydrogen-bond acceptors (Lipinski definition) is 4. The molecular weight excluding hydrogens is 122 g/mol. The molecule has 1 aromatic rings. The van der Waals surface area contributed by atoms with Gasteiger partial charge in [0.15, 0.2) is 0 Å². The van der Waals surface area contributed by atoms with E-state index >= 15 is 0 Å². The van der Waals surface area contributed by atoms with E-state index in [-0.39, 0.29) is 6.15 Å². The van der Waals surface area contributed by atoms with E-state index in [0.717, 1.165) is 10.8 Å². The molecule has 0 fully saturated rings. The predicted octanol–water partition coefficient (Wildman–Crippen LogP) is 1.32. The van der Waals surface area contributed by atoms with Crippen LogP contribution in [0.25, 0.3) is 0 Å². The number of aromatic nitrogens is 2. The van der Waals surface area contributed by atoms with Gasteiger partial charge in [-0.25, -0.2) is 4.98 Å². The summed E-state index contributed by atoms with van der Waals surface area (Å²) >= 11 is 1.44. The van der Waals surface area contributed by atoms with Crippen LogP contribution in [0.5, 0.6) is 0 Å². The zero-order chi connectivity index (χ0) is 5.28. The summed E-state index contributed by atoms with van der Waals surface area (Å²) in [7, 11) is 0. The van der Waals surface area contributed by atoms with Crippen LogP contribution in [0.1, 0.15) is 10.8 Å². The summed E-state index contributed by atoms with van der Waals surface area (Å²) in [5.74, 6) is 0.877. The maximum atomic E-state index is 4.02. The Bertz CT molecular complexity index is 144. The molecule has 0 amide bonds. The monoisotopic (exact) mass is 131 g/mol. The zero-order valence-corrected chi connectivity index (χ0v) is 5.83. The Morgan fingerprint density at radius 2 is 2.00 bits per heavy atom. The topological polar surface area (TPSA) is 60.8 Å².